The highest BCUT2D eigenvalue weighted by Crippen LogP contribution is 2.30. The van der Waals surface area contributed by atoms with Crippen LogP contribution in [0.3, 0.4) is 0 Å². The third-order valence-corrected chi connectivity index (χ3v) is 3.20. The van der Waals surface area contributed by atoms with Crippen molar-refractivity contribution in [1.29, 1.82) is 0 Å². The van der Waals surface area contributed by atoms with Crippen LogP contribution in [-0.4, -0.2) is 43.8 Å². The first-order valence-electron chi connectivity index (χ1n) is 7.88. The van der Waals surface area contributed by atoms with Crippen LogP contribution in [0.4, 0.5) is 13.6 Å². The largest absolute Gasteiger partial charge is 0.490 e. The third kappa shape index (κ3) is 6.19. The lowest BCUT2D eigenvalue weighted by molar-refractivity contribution is -0.123. The van der Waals surface area contributed by atoms with Crippen LogP contribution < -0.4 is 20.1 Å². The monoisotopic (exact) mass is 372 g/mol. The van der Waals surface area contributed by atoms with E-state index in [1.165, 1.54) is 12.1 Å². The molecule has 0 bridgehead atoms. The van der Waals surface area contributed by atoms with Gasteiger partial charge < -0.3 is 19.5 Å². The van der Waals surface area contributed by atoms with Crippen molar-refractivity contribution in [3.63, 3.8) is 0 Å². The van der Waals surface area contributed by atoms with E-state index < -0.39 is 31.1 Å². The summed E-state index contributed by atoms with van der Waals surface area (Å²) in [6.45, 7) is -1.92. The van der Waals surface area contributed by atoms with E-state index in [0.29, 0.717) is 0 Å². The molecule has 0 spiro atoms. The number of carbonyl (C=O) groups is 3. The third-order valence-electron chi connectivity index (χ3n) is 3.20. The summed E-state index contributed by atoms with van der Waals surface area (Å²) in [5, 5.41) is 4.57. The molecule has 2 rings (SSSR count). The highest BCUT2D eigenvalue weighted by atomic mass is 19.3. The number of carbonyl (C=O) groups excluding carboxylic acids is 3. The molecule has 1 aromatic rings. The van der Waals surface area contributed by atoms with Gasteiger partial charge in [0.1, 0.15) is 0 Å². The van der Waals surface area contributed by atoms with E-state index in [2.05, 4.69) is 10.1 Å². The molecule has 0 saturated heterocycles. The van der Waals surface area contributed by atoms with Gasteiger partial charge in [0.25, 0.3) is 5.91 Å². The molecule has 26 heavy (non-hydrogen) atoms. The number of nitrogens with one attached hydrogen (secondary N) is 2. The number of benzene rings is 1. The number of urea groups is 1. The first kappa shape index (κ1) is 19.4. The van der Waals surface area contributed by atoms with Gasteiger partial charge in [0.2, 0.25) is 0 Å². The van der Waals surface area contributed by atoms with Gasteiger partial charge in [-0.05, 0) is 38.0 Å². The van der Waals surface area contributed by atoms with Crippen LogP contribution >= 0.6 is 0 Å². The summed E-state index contributed by atoms with van der Waals surface area (Å²) in [6.07, 6.45) is 1.73. The van der Waals surface area contributed by atoms with Crippen LogP contribution in [0.15, 0.2) is 18.2 Å². The van der Waals surface area contributed by atoms with Crippen LogP contribution in [0, 0.1) is 0 Å². The van der Waals surface area contributed by atoms with Gasteiger partial charge in [-0.2, -0.15) is 8.78 Å². The van der Waals surface area contributed by atoms with Gasteiger partial charge in [-0.3, -0.25) is 10.1 Å². The van der Waals surface area contributed by atoms with E-state index in [4.69, 9.17) is 9.47 Å². The molecule has 1 fully saturated rings. The molecule has 8 nitrogen and oxygen atoms in total. The topological polar surface area (TPSA) is 103 Å². The van der Waals surface area contributed by atoms with E-state index >= 15 is 0 Å². The second-order valence-corrected chi connectivity index (χ2v) is 5.35. The fourth-order valence-electron chi connectivity index (χ4n) is 1.92. The predicted molar refractivity (Wildman–Crippen MR) is 84.2 cm³/mol. The molecule has 1 aliphatic carbocycles. The Kier molecular flexibility index (Phi) is 6.70. The van der Waals surface area contributed by atoms with Gasteiger partial charge in [-0.25, -0.2) is 9.59 Å². The maximum absolute atomic E-state index is 12.4. The van der Waals surface area contributed by atoms with Gasteiger partial charge in [0.15, 0.2) is 18.1 Å². The molecule has 0 atom stereocenters. The van der Waals surface area contributed by atoms with Crippen LogP contribution in [-0.2, 0) is 9.53 Å². The van der Waals surface area contributed by atoms with E-state index in [1.54, 1.807) is 6.92 Å². The van der Waals surface area contributed by atoms with Gasteiger partial charge in [-0.15, -0.1) is 0 Å². The number of imide groups is 1. The lowest BCUT2D eigenvalue weighted by Crippen LogP contribution is -2.42. The van der Waals surface area contributed by atoms with Crippen molar-refractivity contribution in [3.05, 3.63) is 23.8 Å². The van der Waals surface area contributed by atoms with Gasteiger partial charge >= 0.3 is 18.6 Å². The Hall–Kier alpha value is -2.91. The average Bonchev–Trinajstić information content (AvgIpc) is 3.37. The minimum Gasteiger partial charge on any atom is -0.490 e. The maximum atomic E-state index is 12.4. The number of esters is 1. The molecule has 1 aromatic carbocycles. The molecule has 0 radical (unpaired) electrons. The Labute approximate surface area is 147 Å². The van der Waals surface area contributed by atoms with Crippen molar-refractivity contribution in [2.45, 2.75) is 32.4 Å². The number of amides is 3. The smallest absolute Gasteiger partial charge is 0.387 e. The zero-order valence-corrected chi connectivity index (χ0v) is 13.9. The molecule has 1 aliphatic rings. The van der Waals surface area contributed by atoms with E-state index in [-0.39, 0.29) is 29.7 Å². The molecular weight excluding hydrogens is 354 g/mol. The number of halogens is 2. The molecular formula is C16H18F2N2O6. The van der Waals surface area contributed by atoms with Crippen molar-refractivity contribution >= 4 is 17.9 Å². The number of hydrogen-bond acceptors (Lipinski definition) is 6. The number of hydrogen-bond donors (Lipinski definition) is 2. The molecule has 0 aromatic heterocycles. The van der Waals surface area contributed by atoms with Gasteiger partial charge in [-0.1, -0.05) is 0 Å². The van der Waals surface area contributed by atoms with Crippen LogP contribution in [0.5, 0.6) is 11.5 Å². The SMILES string of the molecule is CCOc1cc(C(=O)OCC(=O)NC(=O)NC2CC2)ccc1OC(F)F. The lowest BCUT2D eigenvalue weighted by Gasteiger charge is -2.12. The fraction of sp³-hybridized carbons (Fsp3) is 0.438. The molecule has 10 heteroatoms. The molecule has 0 unspecified atom stereocenters. The zero-order chi connectivity index (χ0) is 19.1. The number of alkyl halides is 2. The van der Waals surface area contributed by atoms with Crippen LogP contribution in [0.2, 0.25) is 0 Å². The Morgan fingerprint density at radius 1 is 1.23 bits per heavy atom. The minimum atomic E-state index is -3.04. The minimum absolute atomic E-state index is 0.0229. The highest BCUT2D eigenvalue weighted by molar-refractivity contribution is 5.97. The Balaban J connectivity index is 1.90. The fourth-order valence-corrected chi connectivity index (χ4v) is 1.92. The Bertz CT molecular complexity index is 679. The quantitative estimate of drug-likeness (QED) is 0.675. The summed E-state index contributed by atoms with van der Waals surface area (Å²) in [6, 6.07) is 2.93. The van der Waals surface area contributed by atoms with E-state index in [0.717, 1.165) is 18.9 Å². The standard InChI is InChI=1S/C16H18F2N2O6/c1-2-24-12-7-9(3-6-11(12)26-15(17)18)14(22)25-8-13(21)20-16(23)19-10-4-5-10/h3,6-7,10,15H,2,4-5,8H2,1H3,(H2,19,20,21,23). The molecule has 2 N–H and O–H groups in total. The molecule has 0 aliphatic heterocycles. The molecule has 3 amide bonds. The van der Waals surface area contributed by atoms with Crippen LogP contribution in [0.25, 0.3) is 0 Å². The summed E-state index contributed by atoms with van der Waals surface area (Å²) < 4.78 is 38.9. The maximum Gasteiger partial charge on any atom is 0.387 e. The van der Waals surface area contributed by atoms with Gasteiger partial charge in [0.05, 0.1) is 12.2 Å². The summed E-state index contributed by atoms with van der Waals surface area (Å²) in [4.78, 5) is 34.9. The average molecular weight is 372 g/mol. The Morgan fingerprint density at radius 2 is 1.96 bits per heavy atom. The highest BCUT2D eigenvalue weighted by Gasteiger charge is 2.24. The number of ether oxygens (including phenoxy) is 3. The summed E-state index contributed by atoms with van der Waals surface area (Å²) in [7, 11) is 0. The van der Waals surface area contributed by atoms with E-state index in [9.17, 15) is 23.2 Å². The number of rotatable bonds is 8. The second kappa shape index (κ2) is 8.97. The van der Waals surface area contributed by atoms with Crippen molar-refractivity contribution in [2.75, 3.05) is 13.2 Å². The molecule has 1 saturated carbocycles. The zero-order valence-electron chi connectivity index (χ0n) is 13.9. The predicted octanol–water partition coefficient (Wildman–Crippen LogP) is 1.83. The van der Waals surface area contributed by atoms with Crippen molar-refractivity contribution in [2.24, 2.45) is 0 Å². The summed E-state index contributed by atoms with van der Waals surface area (Å²) >= 11 is 0. The van der Waals surface area contributed by atoms with Crippen molar-refractivity contribution < 1.29 is 37.4 Å². The first-order valence-corrected chi connectivity index (χ1v) is 7.88. The van der Waals surface area contributed by atoms with Crippen molar-refractivity contribution in [1.82, 2.24) is 10.6 Å². The van der Waals surface area contributed by atoms with Crippen LogP contribution in [0.1, 0.15) is 30.1 Å². The normalized spacial score (nSPS) is 13.1. The molecule has 0 heterocycles. The summed E-state index contributed by atoms with van der Waals surface area (Å²) in [5.41, 5.74) is -0.0229. The Morgan fingerprint density at radius 3 is 2.58 bits per heavy atom. The summed E-state index contributed by atoms with van der Waals surface area (Å²) in [5.74, 6) is -1.96. The van der Waals surface area contributed by atoms with E-state index in [1.807, 2.05) is 5.32 Å². The first-order chi connectivity index (χ1) is 12.4. The van der Waals surface area contributed by atoms with Crippen molar-refractivity contribution in [3.8, 4) is 11.5 Å². The lowest BCUT2D eigenvalue weighted by atomic mass is 10.2. The molecule has 142 valence electrons. The second-order valence-electron chi connectivity index (χ2n) is 5.35. The van der Waals surface area contributed by atoms with Gasteiger partial charge in [0, 0.05) is 6.04 Å².